The Morgan fingerprint density at radius 1 is 1.29 bits per heavy atom. The molecule has 0 aliphatic rings. The number of carbonyl (C=O) groups is 1. The number of rotatable bonds is 8. The maximum Gasteiger partial charge on any atom is 0.222 e. The smallest absolute Gasteiger partial charge is 0.222 e. The molecule has 4 nitrogen and oxygen atoms in total. The van der Waals surface area contributed by atoms with Crippen molar-refractivity contribution in [3.63, 3.8) is 0 Å². The van der Waals surface area contributed by atoms with Crippen LogP contribution in [-0.4, -0.2) is 30.8 Å². The lowest BCUT2D eigenvalue weighted by molar-refractivity contribution is -0.122. The van der Waals surface area contributed by atoms with Crippen molar-refractivity contribution in [2.75, 3.05) is 19.8 Å². The van der Waals surface area contributed by atoms with E-state index in [1.807, 2.05) is 31.2 Å². The van der Waals surface area contributed by atoms with Gasteiger partial charge in [0.2, 0.25) is 5.91 Å². The molecular formula is C17H23NO3. The molecule has 0 heterocycles. The van der Waals surface area contributed by atoms with E-state index in [4.69, 9.17) is 9.84 Å². The first-order chi connectivity index (χ1) is 10.3. The summed E-state index contributed by atoms with van der Waals surface area (Å²) in [6.07, 6.45) is 1.85. The van der Waals surface area contributed by atoms with Crippen LogP contribution in [0.15, 0.2) is 24.3 Å². The molecule has 0 bridgehead atoms. The van der Waals surface area contributed by atoms with Gasteiger partial charge in [0.15, 0.2) is 0 Å². The summed E-state index contributed by atoms with van der Waals surface area (Å²) in [4.78, 5) is 11.6. The van der Waals surface area contributed by atoms with Gasteiger partial charge in [-0.25, -0.2) is 0 Å². The first-order valence-corrected chi connectivity index (χ1v) is 7.29. The van der Waals surface area contributed by atoms with Crippen molar-refractivity contribution in [3.8, 4) is 11.8 Å². The number of aliphatic hydroxyl groups is 1. The Kier molecular flexibility index (Phi) is 8.94. The number of hydrogen-bond donors (Lipinski definition) is 2. The van der Waals surface area contributed by atoms with Gasteiger partial charge in [0.25, 0.3) is 0 Å². The third-order valence-corrected chi connectivity index (χ3v) is 2.74. The van der Waals surface area contributed by atoms with Crippen LogP contribution < -0.4 is 5.32 Å². The number of ether oxygens (including phenoxy) is 1. The molecule has 21 heavy (non-hydrogen) atoms. The maximum atomic E-state index is 11.6. The normalized spacial score (nSPS) is 9.81. The van der Waals surface area contributed by atoms with E-state index in [1.165, 1.54) is 0 Å². The van der Waals surface area contributed by atoms with Gasteiger partial charge in [0, 0.05) is 31.6 Å². The molecule has 0 spiro atoms. The molecule has 0 fully saturated rings. The molecule has 0 aliphatic carbocycles. The van der Waals surface area contributed by atoms with Crippen LogP contribution in [-0.2, 0) is 16.1 Å². The van der Waals surface area contributed by atoms with Crippen LogP contribution in [0.2, 0.25) is 0 Å². The Balaban J connectivity index is 2.29. The van der Waals surface area contributed by atoms with Gasteiger partial charge in [-0.15, -0.1) is 0 Å². The number of benzene rings is 1. The monoisotopic (exact) mass is 289 g/mol. The molecular weight excluding hydrogens is 266 g/mol. The Morgan fingerprint density at radius 2 is 2.05 bits per heavy atom. The van der Waals surface area contributed by atoms with E-state index in [0.29, 0.717) is 32.6 Å². The molecule has 0 saturated carbocycles. The van der Waals surface area contributed by atoms with Crippen LogP contribution in [0.25, 0.3) is 0 Å². The fourth-order valence-corrected chi connectivity index (χ4v) is 1.63. The molecule has 114 valence electrons. The van der Waals surface area contributed by atoms with E-state index in [0.717, 1.165) is 17.5 Å². The second kappa shape index (κ2) is 10.9. The minimum atomic E-state index is -0.00193. The Morgan fingerprint density at radius 3 is 2.71 bits per heavy atom. The van der Waals surface area contributed by atoms with Gasteiger partial charge < -0.3 is 15.2 Å². The van der Waals surface area contributed by atoms with Gasteiger partial charge >= 0.3 is 0 Å². The van der Waals surface area contributed by atoms with Crippen LogP contribution in [0.4, 0.5) is 0 Å². The van der Waals surface area contributed by atoms with Crippen molar-refractivity contribution in [3.05, 3.63) is 35.4 Å². The fraction of sp³-hybridized carbons (Fsp3) is 0.471. The molecule has 0 saturated heterocycles. The Labute approximate surface area is 126 Å². The Hall–Kier alpha value is -1.83. The number of amides is 1. The first kappa shape index (κ1) is 17.2. The highest BCUT2D eigenvalue weighted by Crippen LogP contribution is 2.03. The Bertz CT molecular complexity index is 471. The van der Waals surface area contributed by atoms with Crippen LogP contribution in [0.3, 0.4) is 0 Å². The third kappa shape index (κ3) is 8.13. The number of carbonyl (C=O) groups excluding carboxylic acids is 1. The number of aliphatic hydroxyl groups excluding tert-OH is 1. The maximum absolute atomic E-state index is 11.6. The van der Waals surface area contributed by atoms with Crippen molar-refractivity contribution >= 4 is 5.91 Å². The highest BCUT2D eigenvalue weighted by Gasteiger charge is 2.01. The van der Waals surface area contributed by atoms with Gasteiger partial charge in [-0.05, 0) is 24.1 Å². The summed E-state index contributed by atoms with van der Waals surface area (Å²) in [5, 5.41) is 11.5. The largest absolute Gasteiger partial charge is 0.395 e. The zero-order chi connectivity index (χ0) is 15.3. The fourth-order valence-electron chi connectivity index (χ4n) is 1.63. The molecule has 0 aliphatic heterocycles. The lowest BCUT2D eigenvalue weighted by atomic mass is 10.1. The summed E-state index contributed by atoms with van der Waals surface area (Å²) in [6.45, 7) is 3.80. The predicted octanol–water partition coefficient (Wildman–Crippen LogP) is 1.85. The lowest BCUT2D eigenvalue weighted by Gasteiger charge is -2.06. The van der Waals surface area contributed by atoms with E-state index < -0.39 is 0 Å². The summed E-state index contributed by atoms with van der Waals surface area (Å²) in [5.41, 5.74) is 1.94. The molecule has 1 aromatic carbocycles. The number of nitrogens with one attached hydrogen (secondary N) is 1. The van der Waals surface area contributed by atoms with Crippen LogP contribution >= 0.6 is 0 Å². The van der Waals surface area contributed by atoms with Crippen molar-refractivity contribution in [2.24, 2.45) is 0 Å². The SMILES string of the molecule is CCCOCCC(=O)NCc1ccc(C#CCCO)cc1. The average molecular weight is 289 g/mol. The van der Waals surface area contributed by atoms with Gasteiger partial charge in [-0.2, -0.15) is 0 Å². The summed E-state index contributed by atoms with van der Waals surface area (Å²) >= 11 is 0. The van der Waals surface area contributed by atoms with E-state index in [-0.39, 0.29) is 12.5 Å². The van der Waals surface area contributed by atoms with E-state index in [2.05, 4.69) is 17.2 Å². The van der Waals surface area contributed by atoms with Gasteiger partial charge in [-0.1, -0.05) is 30.9 Å². The molecule has 1 rings (SSSR count). The van der Waals surface area contributed by atoms with E-state index in [1.54, 1.807) is 0 Å². The van der Waals surface area contributed by atoms with Crippen molar-refractivity contribution < 1.29 is 14.6 Å². The summed E-state index contributed by atoms with van der Waals surface area (Å²) in [7, 11) is 0. The predicted molar refractivity (Wildman–Crippen MR) is 82.6 cm³/mol. The molecule has 0 atom stereocenters. The second-order valence-corrected chi connectivity index (χ2v) is 4.61. The van der Waals surface area contributed by atoms with Crippen LogP contribution in [0.5, 0.6) is 0 Å². The topological polar surface area (TPSA) is 58.6 Å². The zero-order valence-electron chi connectivity index (χ0n) is 12.5. The van der Waals surface area contributed by atoms with Crippen LogP contribution in [0.1, 0.15) is 37.3 Å². The van der Waals surface area contributed by atoms with Gasteiger partial charge in [0.05, 0.1) is 13.2 Å². The zero-order valence-corrected chi connectivity index (χ0v) is 12.5. The third-order valence-electron chi connectivity index (χ3n) is 2.74. The summed E-state index contributed by atoms with van der Waals surface area (Å²) in [6, 6.07) is 7.71. The summed E-state index contributed by atoms with van der Waals surface area (Å²) in [5.74, 6) is 5.83. The van der Waals surface area contributed by atoms with E-state index in [9.17, 15) is 4.79 Å². The summed E-state index contributed by atoms with van der Waals surface area (Å²) < 4.78 is 5.27. The molecule has 4 heteroatoms. The molecule has 0 aromatic heterocycles. The molecule has 2 N–H and O–H groups in total. The lowest BCUT2D eigenvalue weighted by Crippen LogP contribution is -2.23. The number of hydrogen-bond acceptors (Lipinski definition) is 3. The van der Waals surface area contributed by atoms with Crippen molar-refractivity contribution in [1.29, 1.82) is 0 Å². The molecule has 0 radical (unpaired) electrons. The van der Waals surface area contributed by atoms with Crippen LogP contribution in [0, 0.1) is 11.8 Å². The first-order valence-electron chi connectivity index (χ1n) is 7.29. The highest BCUT2D eigenvalue weighted by atomic mass is 16.5. The standard InChI is InChI=1S/C17H23NO3/c1-2-12-21-13-10-17(20)18-14-16-8-6-15(7-9-16)5-3-4-11-19/h6-9,19H,2,4,10-14H2,1H3,(H,18,20). The minimum Gasteiger partial charge on any atom is -0.395 e. The molecule has 1 amide bonds. The van der Waals surface area contributed by atoms with Gasteiger partial charge in [-0.3, -0.25) is 4.79 Å². The highest BCUT2D eigenvalue weighted by molar-refractivity contribution is 5.75. The van der Waals surface area contributed by atoms with Crippen molar-refractivity contribution in [2.45, 2.75) is 32.7 Å². The average Bonchev–Trinajstić information content (AvgIpc) is 2.51. The minimum absolute atomic E-state index is 0.00193. The quantitative estimate of drug-likeness (QED) is 0.567. The molecule has 1 aromatic rings. The van der Waals surface area contributed by atoms with E-state index >= 15 is 0 Å². The van der Waals surface area contributed by atoms with Gasteiger partial charge in [0.1, 0.15) is 0 Å². The second-order valence-electron chi connectivity index (χ2n) is 4.61. The molecule has 0 unspecified atom stereocenters. The van der Waals surface area contributed by atoms with Crippen molar-refractivity contribution in [1.82, 2.24) is 5.32 Å².